The SMILES string of the molecule is O=C(/C=C/CBr)N1CCCC1. The lowest BCUT2D eigenvalue weighted by Crippen LogP contribution is -2.25. The zero-order chi connectivity index (χ0) is 8.10. The third-order valence-corrected chi connectivity index (χ3v) is 2.14. The highest BCUT2D eigenvalue weighted by Gasteiger charge is 2.14. The van der Waals surface area contributed by atoms with Gasteiger partial charge in [-0.2, -0.15) is 0 Å². The van der Waals surface area contributed by atoms with Crippen LogP contribution in [0.4, 0.5) is 0 Å². The number of allylic oxidation sites excluding steroid dienone is 1. The van der Waals surface area contributed by atoms with Gasteiger partial charge < -0.3 is 4.90 Å². The number of carbonyl (C=O) groups excluding carboxylic acids is 1. The summed E-state index contributed by atoms with van der Waals surface area (Å²) in [5, 5.41) is 0.757. The molecule has 62 valence electrons. The van der Waals surface area contributed by atoms with Gasteiger partial charge >= 0.3 is 0 Å². The number of alkyl halides is 1. The number of likely N-dealkylation sites (tertiary alicyclic amines) is 1. The Morgan fingerprint density at radius 1 is 1.45 bits per heavy atom. The van der Waals surface area contributed by atoms with E-state index in [0.29, 0.717) is 0 Å². The van der Waals surface area contributed by atoms with Gasteiger partial charge in [-0.05, 0) is 18.9 Å². The number of hydrogen-bond donors (Lipinski definition) is 0. The molecule has 1 heterocycles. The number of halogens is 1. The van der Waals surface area contributed by atoms with Crippen molar-refractivity contribution in [3.8, 4) is 0 Å². The number of hydrogen-bond acceptors (Lipinski definition) is 1. The minimum absolute atomic E-state index is 0.155. The molecule has 1 aliphatic rings. The van der Waals surface area contributed by atoms with E-state index in [1.165, 1.54) is 0 Å². The summed E-state index contributed by atoms with van der Waals surface area (Å²) in [6.45, 7) is 1.87. The molecule has 0 aliphatic carbocycles. The molecule has 11 heavy (non-hydrogen) atoms. The lowest BCUT2D eigenvalue weighted by molar-refractivity contribution is -0.124. The normalized spacial score (nSPS) is 18.1. The molecule has 0 aromatic carbocycles. The van der Waals surface area contributed by atoms with E-state index < -0.39 is 0 Å². The van der Waals surface area contributed by atoms with Gasteiger partial charge in [-0.15, -0.1) is 0 Å². The van der Waals surface area contributed by atoms with E-state index in [2.05, 4.69) is 15.9 Å². The Labute approximate surface area is 75.4 Å². The van der Waals surface area contributed by atoms with E-state index in [1.807, 2.05) is 11.0 Å². The molecule has 0 radical (unpaired) electrons. The molecular formula is C8H12BrNO. The molecule has 1 fully saturated rings. The van der Waals surface area contributed by atoms with Crippen molar-refractivity contribution < 1.29 is 4.79 Å². The first-order valence-electron chi connectivity index (χ1n) is 3.86. The Bertz CT molecular complexity index is 161. The van der Waals surface area contributed by atoms with E-state index in [9.17, 15) is 4.79 Å². The summed E-state index contributed by atoms with van der Waals surface area (Å²) in [6.07, 6.45) is 5.79. The monoisotopic (exact) mass is 217 g/mol. The highest BCUT2D eigenvalue weighted by molar-refractivity contribution is 9.09. The minimum atomic E-state index is 0.155. The third-order valence-electron chi connectivity index (χ3n) is 1.77. The van der Waals surface area contributed by atoms with E-state index in [0.717, 1.165) is 31.3 Å². The molecule has 0 aromatic heterocycles. The molecule has 0 bridgehead atoms. The summed E-state index contributed by atoms with van der Waals surface area (Å²) in [7, 11) is 0. The lowest BCUT2D eigenvalue weighted by Gasteiger charge is -2.11. The van der Waals surface area contributed by atoms with Crippen molar-refractivity contribution in [2.45, 2.75) is 12.8 Å². The van der Waals surface area contributed by atoms with Gasteiger partial charge in [-0.3, -0.25) is 4.79 Å². The Morgan fingerprint density at radius 2 is 2.09 bits per heavy atom. The quantitative estimate of drug-likeness (QED) is 0.508. The Morgan fingerprint density at radius 3 is 2.64 bits per heavy atom. The smallest absolute Gasteiger partial charge is 0.246 e. The molecule has 2 nitrogen and oxygen atoms in total. The summed E-state index contributed by atoms with van der Waals surface area (Å²) in [5.74, 6) is 0.155. The summed E-state index contributed by atoms with van der Waals surface area (Å²) in [5.41, 5.74) is 0. The molecule has 0 N–H and O–H groups in total. The fraction of sp³-hybridized carbons (Fsp3) is 0.625. The van der Waals surface area contributed by atoms with Crippen LogP contribution >= 0.6 is 15.9 Å². The van der Waals surface area contributed by atoms with Crippen molar-refractivity contribution in [3.63, 3.8) is 0 Å². The average Bonchev–Trinajstić information content (AvgIpc) is 2.52. The van der Waals surface area contributed by atoms with Crippen LogP contribution in [0.3, 0.4) is 0 Å². The van der Waals surface area contributed by atoms with Crippen LogP contribution in [0.1, 0.15) is 12.8 Å². The van der Waals surface area contributed by atoms with Crippen LogP contribution < -0.4 is 0 Å². The number of nitrogens with zero attached hydrogens (tertiary/aromatic N) is 1. The zero-order valence-electron chi connectivity index (χ0n) is 6.42. The molecule has 1 saturated heterocycles. The molecule has 0 spiro atoms. The van der Waals surface area contributed by atoms with Crippen LogP contribution in [0.25, 0.3) is 0 Å². The van der Waals surface area contributed by atoms with E-state index in [-0.39, 0.29) is 5.91 Å². The second kappa shape index (κ2) is 4.54. The number of carbonyl (C=O) groups is 1. The van der Waals surface area contributed by atoms with Crippen LogP contribution in [0.5, 0.6) is 0 Å². The van der Waals surface area contributed by atoms with E-state index in [4.69, 9.17) is 0 Å². The summed E-state index contributed by atoms with van der Waals surface area (Å²) < 4.78 is 0. The topological polar surface area (TPSA) is 20.3 Å². The van der Waals surface area contributed by atoms with Crippen molar-refractivity contribution in [2.24, 2.45) is 0 Å². The molecule has 0 unspecified atom stereocenters. The minimum Gasteiger partial charge on any atom is -0.339 e. The summed E-state index contributed by atoms with van der Waals surface area (Å²) in [4.78, 5) is 13.1. The predicted molar refractivity (Wildman–Crippen MR) is 48.7 cm³/mol. The molecule has 1 aliphatic heterocycles. The van der Waals surface area contributed by atoms with Crippen molar-refractivity contribution in [1.82, 2.24) is 4.90 Å². The van der Waals surface area contributed by atoms with Crippen LogP contribution in [-0.4, -0.2) is 29.2 Å². The molecule has 0 aromatic rings. The van der Waals surface area contributed by atoms with Crippen molar-refractivity contribution in [3.05, 3.63) is 12.2 Å². The number of amides is 1. The molecule has 3 heteroatoms. The molecular weight excluding hydrogens is 206 g/mol. The zero-order valence-corrected chi connectivity index (χ0v) is 8.01. The Hall–Kier alpha value is -0.310. The van der Waals surface area contributed by atoms with E-state index >= 15 is 0 Å². The van der Waals surface area contributed by atoms with Crippen molar-refractivity contribution in [1.29, 1.82) is 0 Å². The second-order valence-corrected chi connectivity index (χ2v) is 3.24. The number of rotatable bonds is 2. The lowest BCUT2D eigenvalue weighted by atomic mass is 10.4. The largest absolute Gasteiger partial charge is 0.339 e. The van der Waals surface area contributed by atoms with Gasteiger partial charge in [0.05, 0.1) is 0 Å². The second-order valence-electron chi connectivity index (χ2n) is 2.59. The van der Waals surface area contributed by atoms with Gasteiger partial charge in [-0.25, -0.2) is 0 Å². The molecule has 0 saturated carbocycles. The van der Waals surface area contributed by atoms with Gasteiger partial charge in [-0.1, -0.05) is 22.0 Å². The molecule has 0 atom stereocenters. The van der Waals surface area contributed by atoms with Crippen LogP contribution in [0.2, 0.25) is 0 Å². The first-order valence-corrected chi connectivity index (χ1v) is 4.98. The average molecular weight is 218 g/mol. The third kappa shape index (κ3) is 2.66. The van der Waals surface area contributed by atoms with Crippen LogP contribution in [0, 0.1) is 0 Å². The van der Waals surface area contributed by atoms with Gasteiger partial charge in [0.25, 0.3) is 0 Å². The van der Waals surface area contributed by atoms with Crippen LogP contribution in [0.15, 0.2) is 12.2 Å². The van der Waals surface area contributed by atoms with Crippen LogP contribution in [-0.2, 0) is 4.79 Å². The van der Waals surface area contributed by atoms with Crippen molar-refractivity contribution >= 4 is 21.8 Å². The van der Waals surface area contributed by atoms with E-state index in [1.54, 1.807) is 6.08 Å². The first kappa shape index (κ1) is 8.78. The van der Waals surface area contributed by atoms with Gasteiger partial charge in [0.15, 0.2) is 0 Å². The standard InChI is InChI=1S/C8H12BrNO/c9-5-3-4-8(11)10-6-1-2-7-10/h3-4H,1-2,5-7H2/b4-3+. The highest BCUT2D eigenvalue weighted by atomic mass is 79.9. The first-order chi connectivity index (χ1) is 5.34. The molecule has 1 rings (SSSR count). The van der Waals surface area contributed by atoms with Gasteiger partial charge in [0.2, 0.25) is 5.91 Å². The summed E-state index contributed by atoms with van der Waals surface area (Å²) in [6, 6.07) is 0. The maximum Gasteiger partial charge on any atom is 0.246 e. The fourth-order valence-electron chi connectivity index (χ4n) is 1.19. The fourth-order valence-corrected chi connectivity index (χ4v) is 1.38. The molecule has 1 amide bonds. The predicted octanol–water partition coefficient (Wildman–Crippen LogP) is 1.56. The van der Waals surface area contributed by atoms with Gasteiger partial charge in [0, 0.05) is 18.4 Å². The summed E-state index contributed by atoms with van der Waals surface area (Å²) >= 11 is 3.23. The Balaban J connectivity index is 2.34. The van der Waals surface area contributed by atoms with Crippen molar-refractivity contribution in [2.75, 3.05) is 18.4 Å². The highest BCUT2D eigenvalue weighted by Crippen LogP contribution is 2.07. The van der Waals surface area contributed by atoms with Gasteiger partial charge in [0.1, 0.15) is 0 Å². The maximum atomic E-state index is 11.2. The Kier molecular flexibility index (Phi) is 3.63. The maximum absolute atomic E-state index is 11.2.